The topological polar surface area (TPSA) is 106 Å². The zero-order valence-corrected chi connectivity index (χ0v) is 19.1. The molecule has 0 radical (unpaired) electrons. The lowest BCUT2D eigenvalue weighted by molar-refractivity contribution is 0.0518. The van der Waals surface area contributed by atoms with Crippen molar-refractivity contribution in [2.45, 2.75) is 39.2 Å². The van der Waals surface area contributed by atoms with E-state index in [2.05, 4.69) is 10.4 Å². The summed E-state index contributed by atoms with van der Waals surface area (Å²) in [5.74, 6) is 0.546. The minimum absolute atomic E-state index is 0.208. The number of benzene rings is 2. The van der Waals surface area contributed by atoms with Gasteiger partial charge in [-0.1, -0.05) is 12.1 Å². The largest absolute Gasteiger partial charge is 0.497 e. The summed E-state index contributed by atoms with van der Waals surface area (Å²) in [5.41, 5.74) is 1.76. The Kier molecular flexibility index (Phi) is 7.13. The van der Waals surface area contributed by atoms with Gasteiger partial charge in [-0.05, 0) is 75.6 Å². The van der Waals surface area contributed by atoms with Crippen molar-refractivity contribution >= 4 is 17.8 Å². The van der Waals surface area contributed by atoms with Crippen molar-refractivity contribution in [1.29, 1.82) is 5.26 Å². The fraction of sp³-hybridized carbons (Fsp3) is 0.280. The van der Waals surface area contributed by atoms with Crippen molar-refractivity contribution in [3.05, 3.63) is 77.0 Å². The number of rotatable bonds is 6. The maximum Gasteiger partial charge on any atom is 0.437 e. The molecule has 0 saturated heterocycles. The number of hydrogen-bond acceptors (Lipinski definition) is 6. The second kappa shape index (κ2) is 10.0. The molecule has 1 amide bonds. The van der Waals surface area contributed by atoms with Crippen molar-refractivity contribution in [3.63, 3.8) is 0 Å². The van der Waals surface area contributed by atoms with Gasteiger partial charge in [0.2, 0.25) is 0 Å². The molecule has 0 fully saturated rings. The Morgan fingerprint density at radius 2 is 1.82 bits per heavy atom. The summed E-state index contributed by atoms with van der Waals surface area (Å²) in [6, 6.07) is 17.6. The van der Waals surface area contributed by atoms with Gasteiger partial charge in [-0.3, -0.25) is 4.79 Å². The van der Waals surface area contributed by atoms with Gasteiger partial charge in [-0.15, -0.1) is 4.68 Å². The number of aromatic nitrogens is 2. The van der Waals surface area contributed by atoms with Gasteiger partial charge >= 0.3 is 6.09 Å². The molecule has 0 saturated carbocycles. The van der Waals surface area contributed by atoms with Crippen LogP contribution in [0.3, 0.4) is 0 Å². The number of ether oxygens (including phenoxy) is 2. The van der Waals surface area contributed by atoms with Crippen LogP contribution in [0.25, 0.3) is 0 Å². The fourth-order valence-corrected chi connectivity index (χ4v) is 3.07. The molecule has 1 N–H and O–H groups in total. The second-order valence-electron chi connectivity index (χ2n) is 8.41. The quantitative estimate of drug-likeness (QED) is 0.594. The van der Waals surface area contributed by atoms with E-state index in [1.807, 2.05) is 30.3 Å². The van der Waals surface area contributed by atoms with Crippen LogP contribution >= 0.6 is 0 Å². The summed E-state index contributed by atoms with van der Waals surface area (Å²) >= 11 is 0. The smallest absolute Gasteiger partial charge is 0.437 e. The SMILES string of the molecule is COc1cccc(CCc2cc(NC(=O)c3ccc(C#N)cc3)n(C(=O)OC(C)(C)C)n2)c1. The van der Waals surface area contributed by atoms with Crippen molar-refractivity contribution in [2.24, 2.45) is 0 Å². The van der Waals surface area contributed by atoms with Gasteiger partial charge in [0.05, 0.1) is 24.4 Å². The van der Waals surface area contributed by atoms with Gasteiger partial charge in [-0.2, -0.15) is 10.4 Å². The third-order valence-corrected chi connectivity index (χ3v) is 4.65. The summed E-state index contributed by atoms with van der Waals surface area (Å²) in [7, 11) is 1.62. The zero-order valence-electron chi connectivity index (χ0n) is 19.1. The van der Waals surface area contributed by atoms with Crippen molar-refractivity contribution in [2.75, 3.05) is 12.4 Å². The Morgan fingerprint density at radius 3 is 2.45 bits per heavy atom. The minimum Gasteiger partial charge on any atom is -0.497 e. The Bertz CT molecular complexity index is 1180. The summed E-state index contributed by atoms with van der Waals surface area (Å²) in [6.45, 7) is 5.27. The normalized spacial score (nSPS) is 10.9. The lowest BCUT2D eigenvalue weighted by Gasteiger charge is -2.19. The van der Waals surface area contributed by atoms with Crippen molar-refractivity contribution < 1.29 is 19.1 Å². The van der Waals surface area contributed by atoms with Gasteiger partial charge in [0, 0.05) is 11.6 Å². The van der Waals surface area contributed by atoms with Gasteiger partial charge in [0.1, 0.15) is 17.2 Å². The van der Waals surface area contributed by atoms with Crippen molar-refractivity contribution in [3.8, 4) is 11.8 Å². The van der Waals surface area contributed by atoms with Crippen LogP contribution in [0.4, 0.5) is 10.6 Å². The number of nitrogens with one attached hydrogen (secondary N) is 1. The Morgan fingerprint density at radius 1 is 1.09 bits per heavy atom. The molecule has 2 aromatic carbocycles. The summed E-state index contributed by atoms with van der Waals surface area (Å²) < 4.78 is 11.8. The predicted molar refractivity (Wildman–Crippen MR) is 123 cm³/mol. The number of nitriles is 1. The molecule has 170 valence electrons. The molecular weight excluding hydrogens is 420 g/mol. The van der Waals surface area contributed by atoms with E-state index in [-0.39, 0.29) is 5.82 Å². The van der Waals surface area contributed by atoms with Gasteiger partial charge < -0.3 is 14.8 Å². The lowest BCUT2D eigenvalue weighted by Crippen LogP contribution is -2.29. The highest BCUT2D eigenvalue weighted by Gasteiger charge is 2.23. The van der Waals surface area contributed by atoms with E-state index >= 15 is 0 Å². The maximum absolute atomic E-state index is 12.7. The van der Waals surface area contributed by atoms with Crippen LogP contribution in [0.1, 0.15) is 48.0 Å². The van der Waals surface area contributed by atoms with Crippen LogP contribution in [0.15, 0.2) is 54.6 Å². The van der Waals surface area contributed by atoms with E-state index in [4.69, 9.17) is 14.7 Å². The van der Waals surface area contributed by atoms with E-state index in [0.717, 1.165) is 16.0 Å². The van der Waals surface area contributed by atoms with E-state index in [1.54, 1.807) is 58.2 Å². The monoisotopic (exact) mass is 446 g/mol. The summed E-state index contributed by atoms with van der Waals surface area (Å²) in [4.78, 5) is 25.5. The number of methoxy groups -OCH3 is 1. The van der Waals surface area contributed by atoms with Crippen LogP contribution in [0.2, 0.25) is 0 Å². The minimum atomic E-state index is -0.724. The predicted octanol–water partition coefficient (Wildman–Crippen LogP) is 4.58. The average molecular weight is 447 g/mol. The molecule has 0 atom stereocenters. The third-order valence-electron chi connectivity index (χ3n) is 4.65. The molecular formula is C25H26N4O4. The molecule has 8 heteroatoms. The highest BCUT2D eigenvalue weighted by Crippen LogP contribution is 2.19. The number of amides is 1. The van der Waals surface area contributed by atoms with Crippen LogP contribution in [-0.2, 0) is 17.6 Å². The van der Waals surface area contributed by atoms with Crippen LogP contribution in [0.5, 0.6) is 5.75 Å². The van der Waals surface area contributed by atoms with Gasteiger partial charge in [0.25, 0.3) is 5.91 Å². The Labute approximate surface area is 192 Å². The lowest BCUT2D eigenvalue weighted by atomic mass is 10.1. The second-order valence-corrected chi connectivity index (χ2v) is 8.41. The standard InChI is InChI=1S/C25H26N4O4/c1-25(2,3)33-24(31)29-22(27-23(30)19-11-8-18(16-26)9-12-19)15-20(28-29)13-10-17-6-5-7-21(14-17)32-4/h5-9,11-12,14-15H,10,13H2,1-4H3,(H,27,30). The molecule has 3 rings (SSSR count). The van der Waals surface area contributed by atoms with Crippen LogP contribution < -0.4 is 10.1 Å². The third kappa shape index (κ3) is 6.43. The molecule has 0 spiro atoms. The van der Waals surface area contributed by atoms with Gasteiger partial charge in [0.15, 0.2) is 0 Å². The van der Waals surface area contributed by atoms with Crippen LogP contribution in [-0.4, -0.2) is 34.5 Å². The number of aryl methyl sites for hydroxylation is 2. The molecule has 3 aromatic rings. The first-order valence-corrected chi connectivity index (χ1v) is 10.5. The van der Waals surface area contributed by atoms with E-state index in [1.165, 1.54) is 0 Å². The maximum atomic E-state index is 12.7. The molecule has 8 nitrogen and oxygen atoms in total. The summed E-state index contributed by atoms with van der Waals surface area (Å²) in [5, 5.41) is 16.0. The van der Waals surface area contributed by atoms with E-state index in [0.29, 0.717) is 29.7 Å². The first-order chi connectivity index (χ1) is 15.7. The number of carbonyl (C=O) groups is 2. The average Bonchev–Trinajstić information content (AvgIpc) is 3.19. The summed E-state index contributed by atoms with van der Waals surface area (Å²) in [6.07, 6.45) is 0.527. The van der Waals surface area contributed by atoms with Crippen molar-refractivity contribution in [1.82, 2.24) is 9.78 Å². The molecule has 0 unspecified atom stereocenters. The van der Waals surface area contributed by atoms with E-state index in [9.17, 15) is 9.59 Å². The molecule has 1 heterocycles. The fourth-order valence-electron chi connectivity index (χ4n) is 3.07. The molecule has 0 aliphatic rings. The number of anilines is 1. The van der Waals surface area contributed by atoms with Crippen LogP contribution in [0, 0.1) is 11.3 Å². The van der Waals surface area contributed by atoms with Gasteiger partial charge in [-0.25, -0.2) is 4.79 Å². The Balaban J connectivity index is 1.83. The zero-order chi connectivity index (χ0) is 24.0. The molecule has 1 aromatic heterocycles. The first-order valence-electron chi connectivity index (χ1n) is 10.5. The first kappa shape index (κ1) is 23.5. The molecule has 33 heavy (non-hydrogen) atoms. The Hall–Kier alpha value is -4.12. The number of carbonyl (C=O) groups excluding carboxylic acids is 2. The highest BCUT2D eigenvalue weighted by atomic mass is 16.6. The van der Waals surface area contributed by atoms with E-state index < -0.39 is 17.6 Å². The number of nitrogens with zero attached hydrogens (tertiary/aromatic N) is 3. The highest BCUT2D eigenvalue weighted by molar-refractivity contribution is 6.04. The molecule has 0 bridgehead atoms. The molecule has 0 aliphatic heterocycles. The number of hydrogen-bond donors (Lipinski definition) is 1. The molecule has 0 aliphatic carbocycles.